The summed E-state index contributed by atoms with van der Waals surface area (Å²) in [5.41, 5.74) is 8.25. The van der Waals surface area contributed by atoms with E-state index in [1.807, 2.05) is 0 Å². The van der Waals surface area contributed by atoms with Crippen LogP contribution in [0.4, 0.5) is 0 Å². The monoisotopic (exact) mass is 543 g/mol. The molecule has 0 atom stereocenters. The van der Waals surface area contributed by atoms with Gasteiger partial charge in [-0.05, 0) is 86.0 Å². The quantitative estimate of drug-likeness (QED) is 0.141. The third kappa shape index (κ3) is 6.61. The second-order valence-electron chi connectivity index (χ2n) is 11.7. The van der Waals surface area contributed by atoms with Crippen LogP contribution in [-0.4, -0.2) is 46.9 Å². The lowest BCUT2D eigenvalue weighted by Crippen LogP contribution is -2.33. The van der Waals surface area contributed by atoms with Crippen molar-refractivity contribution in [2.75, 3.05) is 26.2 Å². The minimum Gasteiger partial charge on any atom is -0.410 e. The number of hydrogen-bond donors (Lipinski definition) is 1. The fourth-order valence-corrected chi connectivity index (χ4v) is 6.88. The summed E-state index contributed by atoms with van der Waals surface area (Å²) in [6, 6.07) is 38.8. The van der Waals surface area contributed by atoms with E-state index in [0.29, 0.717) is 11.8 Å². The molecule has 0 amide bonds. The molecule has 4 heteroatoms. The average molecular weight is 544 g/mol. The van der Waals surface area contributed by atoms with Crippen LogP contribution in [0.25, 0.3) is 0 Å². The van der Waals surface area contributed by atoms with Crippen LogP contribution in [-0.2, 0) is 13.1 Å². The highest BCUT2D eigenvalue weighted by molar-refractivity contribution is 6.14. The summed E-state index contributed by atoms with van der Waals surface area (Å²) < 4.78 is 0. The number of piperidine rings is 2. The Morgan fingerprint density at radius 3 is 1.29 bits per heavy atom. The molecule has 2 aliphatic rings. The summed E-state index contributed by atoms with van der Waals surface area (Å²) in [4.78, 5) is 5.13. The Kier molecular flexibility index (Phi) is 8.89. The first-order valence-corrected chi connectivity index (χ1v) is 15.2. The van der Waals surface area contributed by atoms with Crippen molar-refractivity contribution in [1.82, 2.24) is 9.80 Å². The van der Waals surface area contributed by atoms with Crippen LogP contribution in [0.1, 0.15) is 70.9 Å². The van der Waals surface area contributed by atoms with Crippen molar-refractivity contribution in [1.29, 1.82) is 0 Å². The van der Waals surface area contributed by atoms with Gasteiger partial charge in [0.2, 0.25) is 0 Å². The molecular formula is C37H41N3O. The maximum absolute atomic E-state index is 10.5. The Bertz CT molecular complexity index is 1310. The molecule has 4 aromatic rings. The molecule has 1 N–H and O–H groups in total. The van der Waals surface area contributed by atoms with Gasteiger partial charge in [-0.1, -0.05) is 114 Å². The lowest BCUT2D eigenvalue weighted by Gasteiger charge is -2.34. The van der Waals surface area contributed by atoms with Gasteiger partial charge in [-0.15, -0.1) is 0 Å². The van der Waals surface area contributed by atoms with Gasteiger partial charge in [0.1, 0.15) is 5.71 Å². The third-order valence-electron chi connectivity index (χ3n) is 9.08. The maximum Gasteiger partial charge on any atom is 0.117 e. The van der Waals surface area contributed by atoms with E-state index in [4.69, 9.17) is 0 Å². The second-order valence-corrected chi connectivity index (χ2v) is 11.7. The lowest BCUT2D eigenvalue weighted by molar-refractivity contribution is 0.204. The second kappa shape index (κ2) is 13.3. The van der Waals surface area contributed by atoms with Crippen molar-refractivity contribution in [3.05, 3.63) is 143 Å². The zero-order chi connectivity index (χ0) is 27.9. The standard InChI is InChI=1S/C37H41N3O/c41-38-37(35-17-9-7-15-33(35)31-19-23-39(24-20-31)27-29-11-3-1-4-12-29)36-18-10-8-16-34(36)32-21-25-40(26-22-32)28-30-13-5-2-6-14-30/h1-18,31-32,41H,19-28H2. The maximum atomic E-state index is 10.5. The highest BCUT2D eigenvalue weighted by Gasteiger charge is 2.28. The molecule has 2 aliphatic heterocycles. The summed E-state index contributed by atoms with van der Waals surface area (Å²) in [6.07, 6.45) is 4.46. The fourth-order valence-electron chi connectivity index (χ4n) is 6.88. The van der Waals surface area contributed by atoms with Crippen LogP contribution < -0.4 is 0 Å². The fraction of sp³-hybridized carbons (Fsp3) is 0.324. The first-order chi connectivity index (χ1) is 20.3. The van der Waals surface area contributed by atoms with Crippen LogP contribution in [0.5, 0.6) is 0 Å². The first kappa shape index (κ1) is 27.4. The van der Waals surface area contributed by atoms with Gasteiger partial charge < -0.3 is 5.21 Å². The van der Waals surface area contributed by atoms with Gasteiger partial charge in [0.15, 0.2) is 0 Å². The van der Waals surface area contributed by atoms with E-state index in [1.165, 1.54) is 22.3 Å². The molecule has 4 nitrogen and oxygen atoms in total. The molecular weight excluding hydrogens is 502 g/mol. The molecule has 2 saturated heterocycles. The van der Waals surface area contributed by atoms with Crippen molar-refractivity contribution >= 4 is 5.71 Å². The van der Waals surface area contributed by atoms with Gasteiger partial charge in [-0.3, -0.25) is 9.80 Å². The Balaban J connectivity index is 1.17. The molecule has 0 spiro atoms. The predicted molar refractivity (Wildman–Crippen MR) is 168 cm³/mol. The number of benzene rings is 4. The third-order valence-corrected chi connectivity index (χ3v) is 9.08. The normalized spacial score (nSPS) is 17.4. The summed E-state index contributed by atoms with van der Waals surface area (Å²) >= 11 is 0. The molecule has 0 bridgehead atoms. The van der Waals surface area contributed by atoms with Gasteiger partial charge in [-0.2, -0.15) is 0 Å². The molecule has 210 valence electrons. The largest absolute Gasteiger partial charge is 0.410 e. The van der Waals surface area contributed by atoms with Crippen LogP contribution in [0, 0.1) is 0 Å². The molecule has 0 aromatic heterocycles. The van der Waals surface area contributed by atoms with E-state index in [0.717, 1.165) is 81.8 Å². The zero-order valence-corrected chi connectivity index (χ0v) is 23.9. The number of nitrogens with zero attached hydrogens (tertiary/aromatic N) is 3. The Morgan fingerprint density at radius 1 is 0.537 bits per heavy atom. The van der Waals surface area contributed by atoms with Gasteiger partial charge >= 0.3 is 0 Å². The molecule has 0 radical (unpaired) electrons. The molecule has 2 fully saturated rings. The number of hydrogen-bond acceptors (Lipinski definition) is 4. The number of likely N-dealkylation sites (tertiary alicyclic amines) is 2. The number of oxime groups is 1. The Hall–Kier alpha value is -3.73. The van der Waals surface area contributed by atoms with E-state index in [1.54, 1.807) is 0 Å². The summed E-state index contributed by atoms with van der Waals surface area (Å²) in [5.74, 6) is 0.923. The topological polar surface area (TPSA) is 39.1 Å². The number of rotatable bonds is 8. The molecule has 0 aliphatic carbocycles. The van der Waals surface area contributed by atoms with E-state index in [9.17, 15) is 5.21 Å². The van der Waals surface area contributed by atoms with Crippen LogP contribution in [0.3, 0.4) is 0 Å². The zero-order valence-electron chi connectivity index (χ0n) is 23.9. The summed E-state index contributed by atoms with van der Waals surface area (Å²) in [5, 5.41) is 14.4. The highest BCUT2D eigenvalue weighted by atomic mass is 16.4. The van der Waals surface area contributed by atoms with Crippen molar-refractivity contribution in [3.63, 3.8) is 0 Å². The molecule has 2 heterocycles. The van der Waals surface area contributed by atoms with Gasteiger partial charge in [0.25, 0.3) is 0 Å². The van der Waals surface area contributed by atoms with E-state index >= 15 is 0 Å². The molecule has 6 rings (SSSR count). The molecule has 4 aromatic carbocycles. The highest BCUT2D eigenvalue weighted by Crippen LogP contribution is 2.35. The van der Waals surface area contributed by atoms with Crippen molar-refractivity contribution < 1.29 is 5.21 Å². The summed E-state index contributed by atoms with van der Waals surface area (Å²) in [6.45, 7) is 6.34. The van der Waals surface area contributed by atoms with Gasteiger partial charge in [0, 0.05) is 24.2 Å². The predicted octanol–water partition coefficient (Wildman–Crippen LogP) is 7.67. The first-order valence-electron chi connectivity index (χ1n) is 15.2. The lowest BCUT2D eigenvalue weighted by atomic mass is 9.81. The molecule has 0 saturated carbocycles. The van der Waals surface area contributed by atoms with Crippen LogP contribution in [0.15, 0.2) is 114 Å². The minimum atomic E-state index is 0.461. The Labute approximate surface area is 244 Å². The minimum absolute atomic E-state index is 0.461. The average Bonchev–Trinajstić information content (AvgIpc) is 3.04. The molecule has 0 unspecified atom stereocenters. The van der Waals surface area contributed by atoms with E-state index in [2.05, 4.69) is 124 Å². The van der Waals surface area contributed by atoms with Crippen LogP contribution >= 0.6 is 0 Å². The van der Waals surface area contributed by atoms with E-state index in [-0.39, 0.29) is 0 Å². The van der Waals surface area contributed by atoms with Gasteiger partial charge in [0.05, 0.1) is 0 Å². The smallest absolute Gasteiger partial charge is 0.117 e. The van der Waals surface area contributed by atoms with Crippen molar-refractivity contribution in [3.8, 4) is 0 Å². The summed E-state index contributed by atoms with van der Waals surface area (Å²) in [7, 11) is 0. The molecule has 41 heavy (non-hydrogen) atoms. The SMILES string of the molecule is ON=C(c1ccccc1C1CCN(Cc2ccccc2)CC1)c1ccccc1C1CCN(Cc2ccccc2)CC1. The van der Waals surface area contributed by atoms with Crippen molar-refractivity contribution in [2.45, 2.75) is 50.6 Å². The van der Waals surface area contributed by atoms with E-state index < -0.39 is 0 Å². The van der Waals surface area contributed by atoms with Gasteiger partial charge in [-0.25, -0.2) is 0 Å². The van der Waals surface area contributed by atoms with Crippen LogP contribution in [0.2, 0.25) is 0 Å². The Morgan fingerprint density at radius 2 is 0.902 bits per heavy atom. The van der Waals surface area contributed by atoms with Crippen molar-refractivity contribution in [2.24, 2.45) is 5.16 Å².